The van der Waals surface area contributed by atoms with Crippen LogP contribution in [0.15, 0.2) is 29.3 Å². The number of halogens is 1. The van der Waals surface area contributed by atoms with Crippen LogP contribution in [0.25, 0.3) is 0 Å². The summed E-state index contributed by atoms with van der Waals surface area (Å²) < 4.78 is 29.9. The minimum absolute atomic E-state index is 0.0251. The Morgan fingerprint density at radius 1 is 1.17 bits per heavy atom. The first kappa shape index (κ1) is 19.7. The third kappa shape index (κ3) is 3.91. The van der Waals surface area contributed by atoms with Gasteiger partial charge in [-0.15, -0.1) is 0 Å². The summed E-state index contributed by atoms with van der Waals surface area (Å²) in [5.41, 5.74) is 0. The van der Waals surface area contributed by atoms with Gasteiger partial charge >= 0.3 is 0 Å². The summed E-state index contributed by atoms with van der Waals surface area (Å²) >= 11 is 7.32. The molecule has 2 heterocycles. The maximum absolute atomic E-state index is 12.5. The van der Waals surface area contributed by atoms with Crippen molar-refractivity contribution in [3.63, 3.8) is 0 Å². The van der Waals surface area contributed by atoms with Crippen LogP contribution < -0.4 is 4.74 Å². The lowest BCUT2D eigenvalue weighted by Crippen LogP contribution is -2.47. The zero-order chi connectivity index (χ0) is 20.2. The van der Waals surface area contributed by atoms with E-state index in [1.54, 1.807) is 24.3 Å². The normalized spacial score (nSPS) is 36.0. The number of sulfone groups is 1. The number of hydrogen-bond acceptors (Lipinski definition) is 5. The van der Waals surface area contributed by atoms with E-state index in [0.717, 1.165) is 12.3 Å². The third-order valence-corrected chi connectivity index (χ3v) is 10.0. The molecule has 1 amide bonds. The zero-order valence-corrected chi connectivity index (χ0v) is 18.3. The first-order valence-electron chi connectivity index (χ1n) is 10.0. The molecule has 0 unspecified atom stereocenters. The van der Waals surface area contributed by atoms with Gasteiger partial charge < -0.3 is 9.64 Å². The van der Waals surface area contributed by atoms with Crippen molar-refractivity contribution >= 4 is 44.3 Å². The lowest BCUT2D eigenvalue weighted by atomic mass is 9.93. The molecule has 2 bridgehead atoms. The number of amidine groups is 1. The fraction of sp³-hybridized carbons (Fsp3) is 0.600. The molecule has 5 atom stereocenters. The molecule has 0 radical (unpaired) electrons. The summed E-state index contributed by atoms with van der Waals surface area (Å²) in [5, 5.41) is 1.27. The summed E-state index contributed by atoms with van der Waals surface area (Å²) in [4.78, 5) is 19.1. The number of benzene rings is 1. The van der Waals surface area contributed by atoms with E-state index in [1.807, 2.05) is 0 Å². The van der Waals surface area contributed by atoms with Crippen LogP contribution in [-0.2, 0) is 14.6 Å². The van der Waals surface area contributed by atoms with E-state index in [-0.39, 0.29) is 35.3 Å². The van der Waals surface area contributed by atoms with Gasteiger partial charge in [-0.2, -0.15) is 4.99 Å². The quantitative estimate of drug-likeness (QED) is 0.696. The van der Waals surface area contributed by atoms with E-state index < -0.39 is 9.84 Å². The number of rotatable bonds is 4. The molecular formula is C20H23ClN2O4S2. The molecule has 29 heavy (non-hydrogen) atoms. The number of ether oxygens (including phenoxy) is 1. The summed E-state index contributed by atoms with van der Waals surface area (Å²) in [7, 11) is -3.02. The largest absolute Gasteiger partial charge is 0.484 e. The first-order valence-corrected chi connectivity index (χ1v) is 13.1. The summed E-state index contributed by atoms with van der Waals surface area (Å²) in [5.74, 6) is 1.89. The number of carbonyl (C=O) groups is 1. The average molecular weight is 455 g/mol. The molecule has 9 heteroatoms. The molecule has 0 spiro atoms. The number of hydrogen-bond donors (Lipinski definition) is 0. The third-order valence-electron chi connectivity index (χ3n) is 6.56. The fourth-order valence-electron chi connectivity index (χ4n) is 5.35. The summed E-state index contributed by atoms with van der Waals surface area (Å²) in [6.45, 7) is -0.149. The van der Waals surface area contributed by atoms with Gasteiger partial charge in [0.05, 0.1) is 17.5 Å². The number of aliphatic imine (C=N–C) groups is 1. The highest BCUT2D eigenvalue weighted by Gasteiger charge is 2.54. The molecule has 156 valence electrons. The van der Waals surface area contributed by atoms with Crippen molar-refractivity contribution in [2.45, 2.75) is 43.0 Å². The van der Waals surface area contributed by atoms with Crippen LogP contribution in [0.2, 0.25) is 5.02 Å². The number of nitrogens with zero attached hydrogens (tertiary/aromatic N) is 2. The Morgan fingerprint density at radius 2 is 1.97 bits per heavy atom. The Hall–Kier alpha value is -1.25. The number of carbonyl (C=O) groups excluding carboxylic acids is 1. The van der Waals surface area contributed by atoms with Crippen molar-refractivity contribution in [2.75, 3.05) is 18.1 Å². The predicted molar refractivity (Wildman–Crippen MR) is 114 cm³/mol. The van der Waals surface area contributed by atoms with Crippen LogP contribution in [0.3, 0.4) is 0 Å². The Balaban J connectivity index is 1.33. The highest BCUT2D eigenvalue weighted by Crippen LogP contribution is 2.51. The molecule has 2 saturated carbocycles. The van der Waals surface area contributed by atoms with Crippen LogP contribution in [0, 0.1) is 11.8 Å². The van der Waals surface area contributed by atoms with Gasteiger partial charge in [0, 0.05) is 16.3 Å². The van der Waals surface area contributed by atoms with Crippen LogP contribution in [0.4, 0.5) is 0 Å². The second-order valence-electron chi connectivity index (χ2n) is 8.48. The molecule has 4 aliphatic rings. The standard InChI is InChI=1S/C20H23ClN2O4S2/c21-14-3-5-15(6-4-14)27-9-19(24)22-20-23(16-8-12-1-2-13(16)7-12)17-10-29(25,26)11-18(17)28-20/h3-6,12-13,16-18H,1-2,7-11H2/t12-,13-,16-,17+,18+/m1/s1. The Labute approximate surface area is 179 Å². The van der Waals surface area contributed by atoms with E-state index >= 15 is 0 Å². The molecule has 1 aromatic carbocycles. The molecule has 2 saturated heterocycles. The highest BCUT2D eigenvalue weighted by atomic mass is 35.5. The highest BCUT2D eigenvalue weighted by molar-refractivity contribution is 8.15. The van der Waals surface area contributed by atoms with Crippen molar-refractivity contribution in [3.05, 3.63) is 29.3 Å². The molecular weight excluding hydrogens is 432 g/mol. The number of thioether (sulfide) groups is 1. The van der Waals surface area contributed by atoms with Crippen molar-refractivity contribution in [3.8, 4) is 5.75 Å². The van der Waals surface area contributed by atoms with Crippen molar-refractivity contribution < 1.29 is 17.9 Å². The summed E-state index contributed by atoms with van der Waals surface area (Å²) in [6, 6.07) is 7.09. The van der Waals surface area contributed by atoms with Crippen LogP contribution in [0.5, 0.6) is 5.75 Å². The summed E-state index contributed by atoms with van der Waals surface area (Å²) in [6.07, 6.45) is 4.77. The second-order valence-corrected chi connectivity index (χ2v) is 12.3. The van der Waals surface area contributed by atoms with Gasteiger partial charge in [-0.05, 0) is 55.4 Å². The van der Waals surface area contributed by atoms with Crippen molar-refractivity contribution in [1.82, 2.24) is 4.90 Å². The van der Waals surface area contributed by atoms with E-state index in [2.05, 4.69) is 9.89 Å². The maximum atomic E-state index is 12.5. The van der Waals surface area contributed by atoms with Gasteiger partial charge in [-0.1, -0.05) is 29.8 Å². The lowest BCUT2D eigenvalue weighted by Gasteiger charge is -2.36. The molecule has 2 aliphatic carbocycles. The van der Waals surface area contributed by atoms with Crippen LogP contribution in [0.1, 0.15) is 25.7 Å². The zero-order valence-electron chi connectivity index (χ0n) is 15.9. The first-order chi connectivity index (χ1) is 13.9. The SMILES string of the molecule is O=C(COc1ccc(Cl)cc1)N=C1S[C@H]2CS(=O)(=O)C[C@@H]2N1[C@@H]1C[C@@H]2CC[C@@H]1C2. The minimum Gasteiger partial charge on any atom is -0.484 e. The number of amides is 1. The Bertz CT molecular complexity index is 950. The molecule has 1 aromatic rings. The topological polar surface area (TPSA) is 76.0 Å². The van der Waals surface area contributed by atoms with Gasteiger partial charge in [0.2, 0.25) is 0 Å². The van der Waals surface area contributed by atoms with Gasteiger partial charge in [0.25, 0.3) is 5.91 Å². The van der Waals surface area contributed by atoms with Gasteiger partial charge in [0.15, 0.2) is 21.6 Å². The Kier molecular flexibility index (Phi) is 5.07. The van der Waals surface area contributed by atoms with Crippen LogP contribution in [-0.4, -0.2) is 59.8 Å². The lowest BCUT2D eigenvalue weighted by molar-refractivity contribution is -0.119. The monoisotopic (exact) mass is 454 g/mol. The molecule has 2 aliphatic heterocycles. The van der Waals surface area contributed by atoms with Gasteiger partial charge in [-0.3, -0.25) is 4.79 Å². The smallest absolute Gasteiger partial charge is 0.285 e. The molecule has 5 rings (SSSR count). The second kappa shape index (κ2) is 7.46. The van der Waals surface area contributed by atoms with E-state index in [4.69, 9.17) is 16.3 Å². The van der Waals surface area contributed by atoms with Crippen molar-refractivity contribution in [2.24, 2.45) is 16.8 Å². The minimum atomic E-state index is -3.02. The van der Waals surface area contributed by atoms with Gasteiger partial charge in [-0.25, -0.2) is 8.42 Å². The average Bonchev–Trinajstić information content (AvgIpc) is 3.41. The van der Waals surface area contributed by atoms with E-state index in [9.17, 15) is 13.2 Å². The van der Waals surface area contributed by atoms with Gasteiger partial charge in [0.1, 0.15) is 5.75 Å². The predicted octanol–water partition coefficient (Wildman–Crippen LogP) is 3.00. The fourth-order valence-corrected chi connectivity index (χ4v) is 9.46. The van der Waals surface area contributed by atoms with E-state index in [1.165, 1.54) is 31.0 Å². The molecule has 0 N–H and O–H groups in total. The molecule has 0 aromatic heterocycles. The maximum Gasteiger partial charge on any atom is 0.285 e. The molecule has 4 fully saturated rings. The number of fused-ring (bicyclic) bond motifs is 3. The van der Waals surface area contributed by atoms with E-state index in [0.29, 0.717) is 27.9 Å². The van der Waals surface area contributed by atoms with Crippen molar-refractivity contribution in [1.29, 1.82) is 0 Å². The molecule has 6 nitrogen and oxygen atoms in total. The van der Waals surface area contributed by atoms with Crippen LogP contribution >= 0.6 is 23.4 Å². The Morgan fingerprint density at radius 3 is 2.66 bits per heavy atom.